The Hall–Kier alpha value is -1.97. The molecular formula is C14H17N3O. The van der Waals surface area contributed by atoms with Gasteiger partial charge in [-0.05, 0) is 37.0 Å². The van der Waals surface area contributed by atoms with E-state index in [4.69, 9.17) is 5.41 Å². The van der Waals surface area contributed by atoms with Crippen LogP contribution in [0, 0.1) is 5.41 Å². The maximum atomic E-state index is 11.9. The SMILES string of the molecule is CCC(C)c1cccc(N2N=C(C)C(=N)C2=O)c1. The number of amides is 1. The number of carbonyl (C=O) groups is 1. The van der Waals surface area contributed by atoms with Crippen molar-refractivity contribution in [2.75, 3.05) is 5.01 Å². The van der Waals surface area contributed by atoms with Gasteiger partial charge in [0.15, 0.2) is 0 Å². The fourth-order valence-corrected chi connectivity index (χ4v) is 1.88. The number of hydrogen-bond acceptors (Lipinski definition) is 3. The molecule has 1 unspecified atom stereocenters. The predicted octanol–water partition coefficient (Wildman–Crippen LogP) is 2.94. The van der Waals surface area contributed by atoms with Gasteiger partial charge in [0.25, 0.3) is 5.91 Å². The fourth-order valence-electron chi connectivity index (χ4n) is 1.88. The lowest BCUT2D eigenvalue weighted by Gasteiger charge is -2.15. The summed E-state index contributed by atoms with van der Waals surface area (Å²) in [4.78, 5) is 11.9. The minimum atomic E-state index is -0.353. The van der Waals surface area contributed by atoms with Crippen molar-refractivity contribution in [3.63, 3.8) is 0 Å². The van der Waals surface area contributed by atoms with E-state index in [0.717, 1.165) is 12.1 Å². The van der Waals surface area contributed by atoms with Crippen molar-refractivity contribution in [2.24, 2.45) is 5.10 Å². The van der Waals surface area contributed by atoms with E-state index < -0.39 is 0 Å². The molecule has 1 aromatic carbocycles. The first-order chi connectivity index (χ1) is 8.54. The number of hydrazone groups is 1. The summed E-state index contributed by atoms with van der Waals surface area (Å²) in [6.07, 6.45) is 1.05. The average Bonchev–Trinajstić information content (AvgIpc) is 2.66. The van der Waals surface area contributed by atoms with E-state index in [9.17, 15) is 4.79 Å². The van der Waals surface area contributed by atoms with Gasteiger partial charge in [-0.15, -0.1) is 0 Å². The molecule has 2 rings (SSSR count). The second-order valence-electron chi connectivity index (χ2n) is 4.58. The normalized spacial score (nSPS) is 17.1. The Balaban J connectivity index is 2.35. The van der Waals surface area contributed by atoms with E-state index >= 15 is 0 Å². The summed E-state index contributed by atoms with van der Waals surface area (Å²) in [5.74, 6) is 0.0981. The number of hydrogen-bond donors (Lipinski definition) is 1. The number of nitrogens with one attached hydrogen (secondary N) is 1. The Labute approximate surface area is 107 Å². The van der Waals surface area contributed by atoms with Crippen LogP contribution < -0.4 is 5.01 Å². The summed E-state index contributed by atoms with van der Waals surface area (Å²) >= 11 is 0. The molecule has 1 heterocycles. The summed E-state index contributed by atoms with van der Waals surface area (Å²) in [6.45, 7) is 5.97. The molecule has 1 atom stereocenters. The van der Waals surface area contributed by atoms with Crippen LogP contribution in [0.3, 0.4) is 0 Å². The molecule has 1 aliphatic heterocycles. The van der Waals surface area contributed by atoms with Crippen molar-refractivity contribution < 1.29 is 4.79 Å². The van der Waals surface area contributed by atoms with Gasteiger partial charge in [0, 0.05) is 0 Å². The quantitative estimate of drug-likeness (QED) is 0.871. The standard InChI is InChI=1S/C14H17N3O/c1-4-9(2)11-6-5-7-12(8-11)17-14(18)13(15)10(3)16-17/h5-9,15H,4H2,1-3H3. The minimum Gasteiger partial charge on any atom is -0.294 e. The molecular weight excluding hydrogens is 226 g/mol. The van der Waals surface area contributed by atoms with Gasteiger partial charge >= 0.3 is 0 Å². The number of benzene rings is 1. The molecule has 4 heteroatoms. The zero-order valence-corrected chi connectivity index (χ0v) is 10.9. The first-order valence-electron chi connectivity index (χ1n) is 6.13. The first-order valence-corrected chi connectivity index (χ1v) is 6.13. The topological polar surface area (TPSA) is 56.5 Å². The smallest absolute Gasteiger partial charge is 0.294 e. The van der Waals surface area contributed by atoms with E-state index in [1.54, 1.807) is 6.92 Å². The van der Waals surface area contributed by atoms with Crippen LogP contribution in [0.2, 0.25) is 0 Å². The summed E-state index contributed by atoms with van der Waals surface area (Å²) < 4.78 is 0. The van der Waals surface area contributed by atoms with Crippen molar-refractivity contribution >= 4 is 23.0 Å². The van der Waals surface area contributed by atoms with Gasteiger partial charge in [-0.3, -0.25) is 10.2 Å². The van der Waals surface area contributed by atoms with Gasteiger partial charge in [-0.2, -0.15) is 10.1 Å². The van der Waals surface area contributed by atoms with Crippen molar-refractivity contribution in [3.8, 4) is 0 Å². The lowest BCUT2D eigenvalue weighted by Crippen LogP contribution is -2.26. The van der Waals surface area contributed by atoms with Crippen LogP contribution in [0.5, 0.6) is 0 Å². The third-order valence-corrected chi connectivity index (χ3v) is 3.31. The molecule has 94 valence electrons. The van der Waals surface area contributed by atoms with Crippen LogP contribution in [-0.4, -0.2) is 17.3 Å². The highest BCUT2D eigenvalue weighted by Gasteiger charge is 2.28. The van der Waals surface area contributed by atoms with E-state index in [1.165, 1.54) is 10.6 Å². The van der Waals surface area contributed by atoms with E-state index in [0.29, 0.717) is 11.6 Å². The van der Waals surface area contributed by atoms with Crippen LogP contribution >= 0.6 is 0 Å². The van der Waals surface area contributed by atoms with Gasteiger partial charge in [-0.25, -0.2) is 0 Å². The minimum absolute atomic E-state index is 0.0241. The second-order valence-corrected chi connectivity index (χ2v) is 4.58. The largest absolute Gasteiger partial charge is 0.298 e. The van der Waals surface area contributed by atoms with Gasteiger partial charge in [0.05, 0.1) is 11.4 Å². The molecule has 0 radical (unpaired) electrons. The molecule has 4 nitrogen and oxygen atoms in total. The Morgan fingerprint density at radius 2 is 2.17 bits per heavy atom. The molecule has 18 heavy (non-hydrogen) atoms. The Bertz CT molecular complexity index is 534. The van der Waals surface area contributed by atoms with E-state index in [1.807, 2.05) is 18.2 Å². The van der Waals surface area contributed by atoms with Crippen LogP contribution in [0.4, 0.5) is 5.69 Å². The maximum absolute atomic E-state index is 11.9. The monoisotopic (exact) mass is 243 g/mol. The maximum Gasteiger partial charge on any atom is 0.298 e. The lowest BCUT2D eigenvalue weighted by atomic mass is 9.98. The summed E-state index contributed by atoms with van der Waals surface area (Å²) in [5.41, 5.74) is 2.37. The number of nitrogens with zero attached hydrogens (tertiary/aromatic N) is 2. The van der Waals surface area contributed by atoms with Crippen molar-refractivity contribution in [3.05, 3.63) is 29.8 Å². The number of carbonyl (C=O) groups excluding carboxylic acids is 1. The van der Waals surface area contributed by atoms with E-state index in [2.05, 4.69) is 25.0 Å². The van der Waals surface area contributed by atoms with Gasteiger partial charge in [0.1, 0.15) is 5.71 Å². The molecule has 0 aromatic heterocycles. The van der Waals surface area contributed by atoms with Crippen LogP contribution in [0.15, 0.2) is 29.4 Å². The summed E-state index contributed by atoms with van der Waals surface area (Å²) in [7, 11) is 0. The predicted molar refractivity (Wildman–Crippen MR) is 73.5 cm³/mol. The lowest BCUT2D eigenvalue weighted by molar-refractivity contribution is -0.112. The molecule has 0 saturated carbocycles. The molecule has 1 N–H and O–H groups in total. The average molecular weight is 243 g/mol. The number of rotatable bonds is 3. The third kappa shape index (κ3) is 2.06. The Kier molecular flexibility index (Phi) is 3.28. The highest BCUT2D eigenvalue weighted by Crippen LogP contribution is 2.25. The first kappa shape index (κ1) is 12.5. The van der Waals surface area contributed by atoms with Crippen molar-refractivity contribution in [1.82, 2.24) is 0 Å². The highest BCUT2D eigenvalue weighted by molar-refractivity contribution is 6.70. The molecule has 0 fully saturated rings. The van der Waals surface area contributed by atoms with Gasteiger partial charge < -0.3 is 0 Å². The molecule has 0 saturated heterocycles. The third-order valence-electron chi connectivity index (χ3n) is 3.31. The Morgan fingerprint density at radius 1 is 1.44 bits per heavy atom. The van der Waals surface area contributed by atoms with Crippen molar-refractivity contribution in [1.29, 1.82) is 5.41 Å². The molecule has 1 aliphatic rings. The van der Waals surface area contributed by atoms with Crippen LogP contribution in [-0.2, 0) is 4.79 Å². The molecule has 0 aliphatic carbocycles. The second kappa shape index (κ2) is 4.72. The van der Waals surface area contributed by atoms with Gasteiger partial charge in [0.2, 0.25) is 0 Å². The molecule has 0 spiro atoms. The molecule has 1 aromatic rings. The van der Waals surface area contributed by atoms with Crippen LogP contribution in [0.25, 0.3) is 0 Å². The highest BCUT2D eigenvalue weighted by atomic mass is 16.2. The van der Waals surface area contributed by atoms with Crippen molar-refractivity contribution in [2.45, 2.75) is 33.1 Å². The fraction of sp³-hybridized carbons (Fsp3) is 0.357. The number of anilines is 1. The van der Waals surface area contributed by atoms with Gasteiger partial charge in [-0.1, -0.05) is 26.0 Å². The van der Waals surface area contributed by atoms with Crippen LogP contribution in [0.1, 0.15) is 38.7 Å². The zero-order valence-electron chi connectivity index (χ0n) is 10.9. The zero-order chi connectivity index (χ0) is 13.3. The Morgan fingerprint density at radius 3 is 2.72 bits per heavy atom. The summed E-state index contributed by atoms with van der Waals surface area (Å²) in [6, 6.07) is 7.80. The molecule has 0 bridgehead atoms. The van der Waals surface area contributed by atoms with E-state index in [-0.39, 0.29) is 11.6 Å². The molecule has 1 amide bonds. The summed E-state index contributed by atoms with van der Waals surface area (Å²) in [5, 5.41) is 13.0.